The lowest BCUT2D eigenvalue weighted by atomic mass is 10.2. The van der Waals surface area contributed by atoms with E-state index in [1.54, 1.807) is 0 Å². The van der Waals surface area contributed by atoms with Gasteiger partial charge in [-0.15, -0.1) is 0 Å². The molecule has 0 aliphatic carbocycles. The Morgan fingerprint density at radius 2 is 1.76 bits per heavy atom. The smallest absolute Gasteiger partial charge is 0.335 e. The van der Waals surface area contributed by atoms with Gasteiger partial charge in [-0.05, 0) is 18.2 Å². The Kier molecular flexibility index (Phi) is 2.47. The van der Waals surface area contributed by atoms with Crippen molar-refractivity contribution in [1.29, 1.82) is 0 Å². The number of carbonyl (C=O) groups excluding carboxylic acids is 2. The van der Waals surface area contributed by atoms with Crippen LogP contribution in [0.5, 0.6) is 0 Å². The summed E-state index contributed by atoms with van der Waals surface area (Å²) in [5, 5.41) is 8.75. The minimum atomic E-state index is -1.27. The SMILES string of the molecule is O=C(O)c1ccc(F)c(N2C(=O)C=CC2=O)c1. The third-order valence-corrected chi connectivity index (χ3v) is 2.24. The molecule has 5 nitrogen and oxygen atoms in total. The first-order chi connectivity index (χ1) is 8.00. The molecule has 0 aromatic heterocycles. The second-order valence-corrected chi connectivity index (χ2v) is 3.32. The zero-order chi connectivity index (χ0) is 12.6. The van der Waals surface area contributed by atoms with E-state index in [9.17, 15) is 18.8 Å². The molecule has 0 bridgehead atoms. The molecule has 1 aromatic carbocycles. The number of hydrogen-bond donors (Lipinski definition) is 1. The zero-order valence-corrected chi connectivity index (χ0v) is 8.38. The van der Waals surface area contributed by atoms with Gasteiger partial charge in [0.05, 0.1) is 11.3 Å². The summed E-state index contributed by atoms with van der Waals surface area (Å²) in [6.07, 6.45) is 1.99. The van der Waals surface area contributed by atoms with Crippen LogP contribution in [0.15, 0.2) is 30.4 Å². The highest BCUT2D eigenvalue weighted by molar-refractivity contribution is 6.28. The van der Waals surface area contributed by atoms with E-state index in [1.165, 1.54) is 0 Å². The van der Waals surface area contributed by atoms with E-state index in [0.29, 0.717) is 4.90 Å². The van der Waals surface area contributed by atoms with Crippen LogP contribution < -0.4 is 4.90 Å². The molecule has 0 unspecified atom stereocenters. The van der Waals surface area contributed by atoms with Crippen molar-refractivity contribution in [2.45, 2.75) is 0 Å². The Bertz CT molecular complexity index is 547. The van der Waals surface area contributed by atoms with Gasteiger partial charge in [0.1, 0.15) is 5.82 Å². The Morgan fingerprint density at radius 3 is 2.29 bits per heavy atom. The van der Waals surface area contributed by atoms with Gasteiger partial charge in [-0.2, -0.15) is 0 Å². The van der Waals surface area contributed by atoms with Crippen LogP contribution in [0.25, 0.3) is 0 Å². The largest absolute Gasteiger partial charge is 0.478 e. The predicted molar refractivity (Wildman–Crippen MR) is 55.0 cm³/mol. The molecule has 1 aliphatic rings. The lowest BCUT2D eigenvalue weighted by molar-refractivity contribution is -0.120. The van der Waals surface area contributed by atoms with Crippen LogP contribution in [0.2, 0.25) is 0 Å². The normalized spacial score (nSPS) is 14.5. The van der Waals surface area contributed by atoms with Crippen LogP contribution in [-0.2, 0) is 9.59 Å². The van der Waals surface area contributed by atoms with Crippen LogP contribution in [-0.4, -0.2) is 22.9 Å². The zero-order valence-electron chi connectivity index (χ0n) is 8.38. The Morgan fingerprint density at radius 1 is 1.18 bits per heavy atom. The van der Waals surface area contributed by atoms with Crippen LogP contribution in [0.1, 0.15) is 10.4 Å². The van der Waals surface area contributed by atoms with Gasteiger partial charge in [-0.3, -0.25) is 9.59 Å². The van der Waals surface area contributed by atoms with Crippen LogP contribution in [0, 0.1) is 5.82 Å². The van der Waals surface area contributed by atoms with Gasteiger partial charge < -0.3 is 5.11 Å². The van der Waals surface area contributed by atoms with E-state index in [4.69, 9.17) is 5.11 Å². The van der Waals surface area contributed by atoms with Gasteiger partial charge in [0.25, 0.3) is 11.8 Å². The molecule has 86 valence electrons. The van der Waals surface area contributed by atoms with Gasteiger partial charge in [0, 0.05) is 12.2 Å². The second kappa shape index (κ2) is 3.82. The topological polar surface area (TPSA) is 74.7 Å². The van der Waals surface area contributed by atoms with Gasteiger partial charge in [0.2, 0.25) is 0 Å². The maximum Gasteiger partial charge on any atom is 0.335 e. The van der Waals surface area contributed by atoms with Crippen molar-refractivity contribution < 1.29 is 23.9 Å². The third kappa shape index (κ3) is 1.80. The van der Waals surface area contributed by atoms with Crippen LogP contribution >= 0.6 is 0 Å². The van der Waals surface area contributed by atoms with Gasteiger partial charge in [-0.1, -0.05) is 0 Å². The molecular weight excluding hydrogens is 229 g/mol. The Labute approximate surface area is 94.8 Å². The molecule has 0 spiro atoms. The standard InChI is InChI=1S/C11H6FNO4/c12-7-2-1-6(11(16)17)5-8(7)13-9(14)3-4-10(13)15/h1-5H,(H,16,17). The number of benzene rings is 1. The quantitative estimate of drug-likeness (QED) is 0.774. The van der Waals surface area contributed by atoms with Crippen molar-refractivity contribution in [3.8, 4) is 0 Å². The number of amides is 2. The van der Waals surface area contributed by atoms with Gasteiger partial charge >= 0.3 is 5.97 Å². The average molecular weight is 235 g/mol. The van der Waals surface area contributed by atoms with E-state index < -0.39 is 23.6 Å². The van der Waals surface area contributed by atoms with Crippen molar-refractivity contribution >= 4 is 23.5 Å². The number of halogens is 1. The van der Waals surface area contributed by atoms with Crippen molar-refractivity contribution in [2.24, 2.45) is 0 Å². The summed E-state index contributed by atoms with van der Waals surface area (Å²) in [5.41, 5.74) is -0.557. The molecular formula is C11H6FNO4. The molecule has 2 rings (SSSR count). The fourth-order valence-electron chi connectivity index (χ4n) is 1.45. The number of carboxylic acid groups (broad SMARTS) is 1. The summed E-state index contributed by atoms with van der Waals surface area (Å²) in [4.78, 5) is 33.9. The number of aromatic carboxylic acids is 1. The van der Waals surface area contributed by atoms with E-state index in [-0.39, 0.29) is 11.3 Å². The molecule has 17 heavy (non-hydrogen) atoms. The predicted octanol–water partition coefficient (Wildman–Crippen LogP) is 0.953. The molecule has 0 atom stereocenters. The van der Waals surface area contributed by atoms with Crippen LogP contribution in [0.3, 0.4) is 0 Å². The molecule has 0 fully saturated rings. The Balaban J connectivity index is 2.51. The molecule has 2 amide bonds. The highest BCUT2D eigenvalue weighted by atomic mass is 19.1. The maximum absolute atomic E-state index is 13.5. The van der Waals surface area contributed by atoms with Gasteiger partial charge in [-0.25, -0.2) is 14.1 Å². The second-order valence-electron chi connectivity index (χ2n) is 3.32. The number of anilines is 1. The molecule has 6 heteroatoms. The van der Waals surface area contributed by atoms with Crippen molar-refractivity contribution in [2.75, 3.05) is 4.90 Å². The highest BCUT2D eigenvalue weighted by Crippen LogP contribution is 2.24. The molecule has 1 aliphatic heterocycles. The minimum absolute atomic E-state index is 0.200. The molecule has 1 heterocycles. The van der Waals surface area contributed by atoms with E-state index in [0.717, 1.165) is 30.4 Å². The first-order valence-electron chi connectivity index (χ1n) is 4.59. The maximum atomic E-state index is 13.5. The fourth-order valence-corrected chi connectivity index (χ4v) is 1.45. The third-order valence-electron chi connectivity index (χ3n) is 2.24. The number of carboxylic acids is 1. The van der Waals surface area contributed by atoms with Gasteiger partial charge in [0.15, 0.2) is 0 Å². The summed E-state index contributed by atoms with van der Waals surface area (Å²) in [5.74, 6) is -3.49. The summed E-state index contributed by atoms with van der Waals surface area (Å²) in [6, 6.07) is 2.90. The summed E-state index contributed by atoms with van der Waals surface area (Å²) >= 11 is 0. The van der Waals surface area contributed by atoms with Crippen molar-refractivity contribution in [3.63, 3.8) is 0 Å². The number of carbonyl (C=O) groups is 3. The fraction of sp³-hybridized carbons (Fsp3) is 0. The summed E-state index contributed by atoms with van der Waals surface area (Å²) < 4.78 is 13.5. The molecule has 0 saturated heterocycles. The number of nitrogens with zero attached hydrogens (tertiary/aromatic N) is 1. The van der Waals surface area contributed by atoms with E-state index in [2.05, 4.69) is 0 Å². The number of imide groups is 1. The van der Waals surface area contributed by atoms with Crippen molar-refractivity contribution in [1.82, 2.24) is 0 Å². The first-order valence-corrected chi connectivity index (χ1v) is 4.59. The van der Waals surface area contributed by atoms with Crippen molar-refractivity contribution in [3.05, 3.63) is 41.7 Å². The highest BCUT2D eigenvalue weighted by Gasteiger charge is 2.28. The Hall–Kier alpha value is -2.50. The van der Waals surface area contributed by atoms with E-state index >= 15 is 0 Å². The lowest BCUT2D eigenvalue weighted by Crippen LogP contribution is -2.30. The number of rotatable bonds is 2. The lowest BCUT2D eigenvalue weighted by Gasteiger charge is -2.14. The molecule has 1 N–H and O–H groups in total. The first kappa shape index (κ1) is 11.0. The van der Waals surface area contributed by atoms with Crippen LogP contribution in [0.4, 0.5) is 10.1 Å². The molecule has 0 saturated carbocycles. The number of hydrogen-bond acceptors (Lipinski definition) is 3. The minimum Gasteiger partial charge on any atom is -0.478 e. The average Bonchev–Trinajstić information content (AvgIpc) is 2.59. The molecule has 1 aromatic rings. The van der Waals surface area contributed by atoms with E-state index in [1.807, 2.05) is 0 Å². The summed E-state index contributed by atoms with van der Waals surface area (Å²) in [6.45, 7) is 0. The summed E-state index contributed by atoms with van der Waals surface area (Å²) in [7, 11) is 0. The monoisotopic (exact) mass is 235 g/mol. The molecule has 0 radical (unpaired) electrons.